The third-order valence-electron chi connectivity index (χ3n) is 3.13. The summed E-state index contributed by atoms with van der Waals surface area (Å²) in [6, 6.07) is 3.84. The van der Waals surface area contributed by atoms with Crippen molar-refractivity contribution in [1.29, 1.82) is 0 Å². The fourth-order valence-corrected chi connectivity index (χ4v) is 2.09. The number of ether oxygens (including phenoxy) is 2. The number of hydrogen-bond donors (Lipinski definition) is 2. The highest BCUT2D eigenvalue weighted by atomic mass is 16.6. The second-order valence-electron chi connectivity index (χ2n) is 4.99. The van der Waals surface area contributed by atoms with Crippen LogP contribution in [-0.4, -0.2) is 27.8 Å². The normalized spacial score (nSPS) is 23.4. The topological polar surface area (TPSA) is 125 Å². The number of fused-ring (bicyclic) bond motifs is 1. The number of nitrogens with two attached hydrogens (primary N) is 1. The summed E-state index contributed by atoms with van der Waals surface area (Å²) in [6.45, 7) is 3.16. The summed E-state index contributed by atoms with van der Waals surface area (Å²) < 4.78 is 10.5. The van der Waals surface area contributed by atoms with Crippen LogP contribution in [-0.2, 0) is 4.74 Å². The van der Waals surface area contributed by atoms with Crippen molar-refractivity contribution in [3.8, 4) is 5.75 Å². The average Bonchev–Trinajstić information content (AvgIpc) is 2.33. The molecule has 0 fully saturated rings. The molecule has 1 aliphatic rings. The Labute approximate surface area is 114 Å². The third kappa shape index (κ3) is 2.37. The number of nitro benzene ring substituents is 1. The molecule has 0 saturated carbocycles. The summed E-state index contributed by atoms with van der Waals surface area (Å²) in [5, 5.41) is 20.9. The Morgan fingerprint density at radius 3 is 2.75 bits per heavy atom. The van der Waals surface area contributed by atoms with E-state index < -0.39 is 28.8 Å². The first kappa shape index (κ1) is 14.1. The van der Waals surface area contributed by atoms with E-state index >= 15 is 0 Å². The lowest BCUT2D eigenvalue weighted by Crippen LogP contribution is -2.50. The summed E-state index contributed by atoms with van der Waals surface area (Å²) >= 11 is 0. The second kappa shape index (κ2) is 4.64. The van der Waals surface area contributed by atoms with E-state index in [2.05, 4.69) is 0 Å². The summed E-state index contributed by atoms with van der Waals surface area (Å²) in [4.78, 5) is 21.2. The van der Waals surface area contributed by atoms with Gasteiger partial charge in [0.2, 0.25) is 0 Å². The molecule has 20 heavy (non-hydrogen) atoms. The van der Waals surface area contributed by atoms with Gasteiger partial charge in [-0.1, -0.05) is 0 Å². The Kier molecular flexibility index (Phi) is 3.26. The molecular formula is C12H14N2O6. The van der Waals surface area contributed by atoms with E-state index in [9.17, 15) is 20.0 Å². The zero-order chi connectivity index (χ0) is 15.1. The number of non-ortho nitro benzene ring substituents is 1. The van der Waals surface area contributed by atoms with Crippen LogP contribution in [0.4, 0.5) is 10.5 Å². The molecule has 0 saturated heterocycles. The number of hydrogen-bond acceptors (Lipinski definition) is 6. The Bertz CT molecular complexity index is 571. The monoisotopic (exact) mass is 282 g/mol. The van der Waals surface area contributed by atoms with E-state index in [1.54, 1.807) is 13.8 Å². The molecule has 2 rings (SSSR count). The van der Waals surface area contributed by atoms with Gasteiger partial charge in [0, 0.05) is 11.6 Å². The van der Waals surface area contributed by atoms with Gasteiger partial charge in [-0.3, -0.25) is 10.1 Å². The zero-order valence-electron chi connectivity index (χ0n) is 10.9. The summed E-state index contributed by atoms with van der Waals surface area (Å²) in [5.41, 5.74) is 4.08. The van der Waals surface area contributed by atoms with Gasteiger partial charge in [0.25, 0.3) is 5.69 Å². The van der Waals surface area contributed by atoms with E-state index in [4.69, 9.17) is 15.2 Å². The third-order valence-corrected chi connectivity index (χ3v) is 3.13. The predicted octanol–water partition coefficient (Wildman–Crippen LogP) is 1.26. The molecule has 1 unspecified atom stereocenters. The molecule has 8 nitrogen and oxygen atoms in total. The van der Waals surface area contributed by atoms with Crippen molar-refractivity contribution in [3.05, 3.63) is 33.9 Å². The van der Waals surface area contributed by atoms with Gasteiger partial charge >= 0.3 is 6.09 Å². The van der Waals surface area contributed by atoms with Crippen LogP contribution in [0.15, 0.2) is 18.2 Å². The van der Waals surface area contributed by atoms with Gasteiger partial charge < -0.3 is 20.3 Å². The van der Waals surface area contributed by atoms with E-state index in [0.717, 1.165) is 0 Å². The van der Waals surface area contributed by atoms with Crippen LogP contribution >= 0.6 is 0 Å². The average molecular weight is 282 g/mol. The molecule has 0 radical (unpaired) electrons. The maximum absolute atomic E-state index is 10.9. The van der Waals surface area contributed by atoms with Crippen molar-refractivity contribution < 1.29 is 24.3 Å². The highest BCUT2D eigenvalue weighted by molar-refractivity contribution is 5.65. The van der Waals surface area contributed by atoms with Crippen molar-refractivity contribution >= 4 is 11.8 Å². The Morgan fingerprint density at radius 1 is 1.55 bits per heavy atom. The molecule has 8 heteroatoms. The quantitative estimate of drug-likeness (QED) is 0.621. The minimum atomic E-state index is -1.15. The molecular weight excluding hydrogens is 268 g/mol. The summed E-state index contributed by atoms with van der Waals surface area (Å²) in [7, 11) is 0. The van der Waals surface area contributed by atoms with Crippen LogP contribution in [0.25, 0.3) is 0 Å². The number of aliphatic hydroxyl groups is 1. The van der Waals surface area contributed by atoms with Crippen LogP contribution in [0.2, 0.25) is 0 Å². The molecule has 1 heterocycles. The fourth-order valence-electron chi connectivity index (χ4n) is 2.09. The molecule has 1 amide bonds. The summed E-state index contributed by atoms with van der Waals surface area (Å²) in [6.07, 6.45) is -3.23. The maximum Gasteiger partial charge on any atom is 0.405 e. The fraction of sp³-hybridized carbons (Fsp3) is 0.417. The van der Waals surface area contributed by atoms with Crippen LogP contribution in [0.3, 0.4) is 0 Å². The molecule has 1 aromatic rings. The van der Waals surface area contributed by atoms with Gasteiger partial charge in [0.15, 0.2) is 6.10 Å². The van der Waals surface area contributed by atoms with Gasteiger partial charge in [-0.05, 0) is 19.9 Å². The van der Waals surface area contributed by atoms with E-state index in [1.807, 2.05) is 0 Å². The number of carbonyl (C=O) groups is 1. The first-order chi connectivity index (χ1) is 9.22. The van der Waals surface area contributed by atoms with Crippen molar-refractivity contribution in [2.75, 3.05) is 0 Å². The molecule has 0 aromatic heterocycles. The van der Waals surface area contributed by atoms with Crippen molar-refractivity contribution in [1.82, 2.24) is 0 Å². The minimum Gasteiger partial charge on any atom is -0.484 e. The Morgan fingerprint density at radius 2 is 2.20 bits per heavy atom. The smallest absolute Gasteiger partial charge is 0.405 e. The van der Waals surface area contributed by atoms with Crippen molar-refractivity contribution in [2.45, 2.75) is 31.7 Å². The van der Waals surface area contributed by atoms with Crippen molar-refractivity contribution in [3.63, 3.8) is 0 Å². The standard InChI is InChI=1S/C12H14N2O6/c1-12(2)10(15)9(19-11(13)16)7-4-3-6(14(17)18)5-8(7)20-12/h3-5,9-10,15H,1-2H3,(H2,13,16)/t9-,10?/m0/s1. The van der Waals surface area contributed by atoms with Gasteiger partial charge in [-0.15, -0.1) is 0 Å². The van der Waals surface area contributed by atoms with Crippen LogP contribution in [0.5, 0.6) is 5.75 Å². The van der Waals surface area contributed by atoms with E-state index in [1.165, 1.54) is 18.2 Å². The number of nitrogens with zero attached hydrogens (tertiary/aromatic N) is 1. The maximum atomic E-state index is 10.9. The number of benzene rings is 1. The van der Waals surface area contributed by atoms with E-state index in [-0.39, 0.29) is 11.4 Å². The molecule has 3 N–H and O–H groups in total. The number of amides is 1. The minimum absolute atomic E-state index is 0.159. The molecule has 1 aliphatic heterocycles. The lowest BCUT2D eigenvalue weighted by atomic mass is 9.88. The number of primary amides is 1. The molecule has 108 valence electrons. The van der Waals surface area contributed by atoms with Gasteiger partial charge in [0.1, 0.15) is 17.5 Å². The number of rotatable bonds is 2. The van der Waals surface area contributed by atoms with Gasteiger partial charge in [-0.25, -0.2) is 4.79 Å². The molecule has 2 atom stereocenters. The SMILES string of the molecule is CC1(C)Oc2cc([N+](=O)[O-])ccc2[C@H](OC(N)=O)C1O. The zero-order valence-corrected chi connectivity index (χ0v) is 10.9. The molecule has 0 aliphatic carbocycles. The number of carbonyl (C=O) groups excluding carboxylic acids is 1. The van der Waals surface area contributed by atoms with Crippen LogP contribution < -0.4 is 10.5 Å². The number of aliphatic hydroxyl groups excluding tert-OH is 1. The largest absolute Gasteiger partial charge is 0.484 e. The van der Waals surface area contributed by atoms with Crippen LogP contribution in [0.1, 0.15) is 25.5 Å². The van der Waals surface area contributed by atoms with Gasteiger partial charge in [-0.2, -0.15) is 0 Å². The van der Waals surface area contributed by atoms with E-state index in [0.29, 0.717) is 5.56 Å². The highest BCUT2D eigenvalue weighted by Gasteiger charge is 2.45. The number of nitro groups is 1. The lowest BCUT2D eigenvalue weighted by Gasteiger charge is -2.40. The molecule has 0 bridgehead atoms. The highest BCUT2D eigenvalue weighted by Crippen LogP contribution is 2.43. The lowest BCUT2D eigenvalue weighted by molar-refractivity contribution is -0.385. The second-order valence-corrected chi connectivity index (χ2v) is 4.99. The molecule has 0 spiro atoms. The van der Waals surface area contributed by atoms with Crippen LogP contribution in [0, 0.1) is 10.1 Å². The predicted molar refractivity (Wildman–Crippen MR) is 67.2 cm³/mol. The van der Waals surface area contributed by atoms with Crippen molar-refractivity contribution in [2.24, 2.45) is 5.73 Å². The van der Waals surface area contributed by atoms with Gasteiger partial charge in [0.05, 0.1) is 11.0 Å². The first-order valence-corrected chi connectivity index (χ1v) is 5.84. The Balaban J connectivity index is 2.51. The first-order valence-electron chi connectivity index (χ1n) is 5.84. The summed E-state index contributed by atoms with van der Waals surface area (Å²) in [5.74, 6) is 0.181. The molecule has 1 aromatic carbocycles. The Hall–Kier alpha value is -2.35.